The standard InChI is InChI=1S/C17H15Cl2N3O4/c1-25-14-5-3-4-10(15(14)26-2)9-20-22-17(24)16(23)21-13-8-11(18)6-7-12(13)19/h3-9H,1-2H3,(H,21,23)(H,22,24)/b20-9-. The number of nitrogens with zero attached hydrogens (tertiary/aromatic N) is 1. The average Bonchev–Trinajstić information content (AvgIpc) is 2.64. The molecule has 0 heterocycles. The zero-order chi connectivity index (χ0) is 19.1. The lowest BCUT2D eigenvalue weighted by Gasteiger charge is -2.09. The molecule has 7 nitrogen and oxygen atoms in total. The maximum Gasteiger partial charge on any atom is 0.329 e. The van der Waals surface area contributed by atoms with Crippen LogP contribution in [0.25, 0.3) is 0 Å². The van der Waals surface area contributed by atoms with E-state index in [0.29, 0.717) is 22.1 Å². The minimum absolute atomic E-state index is 0.220. The highest BCUT2D eigenvalue weighted by Crippen LogP contribution is 2.29. The molecule has 0 radical (unpaired) electrons. The van der Waals surface area contributed by atoms with Crippen LogP contribution >= 0.6 is 23.2 Å². The van der Waals surface area contributed by atoms with E-state index >= 15 is 0 Å². The van der Waals surface area contributed by atoms with E-state index in [0.717, 1.165) is 0 Å². The van der Waals surface area contributed by atoms with Gasteiger partial charge in [0.2, 0.25) is 0 Å². The van der Waals surface area contributed by atoms with Crippen molar-refractivity contribution in [2.45, 2.75) is 0 Å². The molecule has 0 saturated heterocycles. The molecule has 0 aliphatic carbocycles. The number of hydrazone groups is 1. The summed E-state index contributed by atoms with van der Waals surface area (Å²) in [6.45, 7) is 0. The van der Waals surface area contributed by atoms with Crippen molar-refractivity contribution in [1.82, 2.24) is 5.43 Å². The molecule has 0 unspecified atom stereocenters. The number of anilines is 1. The Balaban J connectivity index is 2.03. The van der Waals surface area contributed by atoms with Crippen LogP contribution in [0.5, 0.6) is 11.5 Å². The van der Waals surface area contributed by atoms with Gasteiger partial charge in [-0.15, -0.1) is 0 Å². The summed E-state index contributed by atoms with van der Waals surface area (Å²) in [7, 11) is 2.99. The largest absolute Gasteiger partial charge is 0.493 e. The predicted molar refractivity (Wildman–Crippen MR) is 100 cm³/mol. The van der Waals surface area contributed by atoms with Crippen LogP contribution in [-0.4, -0.2) is 32.2 Å². The van der Waals surface area contributed by atoms with Crippen molar-refractivity contribution in [1.29, 1.82) is 0 Å². The first kappa shape index (κ1) is 19.6. The molecule has 0 aliphatic rings. The summed E-state index contributed by atoms with van der Waals surface area (Å²) in [5, 5.41) is 6.72. The molecule has 2 N–H and O–H groups in total. The zero-order valence-corrected chi connectivity index (χ0v) is 15.4. The summed E-state index contributed by atoms with van der Waals surface area (Å²) in [5.41, 5.74) is 2.90. The van der Waals surface area contributed by atoms with Gasteiger partial charge >= 0.3 is 11.8 Å². The lowest BCUT2D eigenvalue weighted by atomic mass is 10.2. The second-order valence-electron chi connectivity index (χ2n) is 4.86. The first-order chi connectivity index (χ1) is 12.5. The molecule has 2 aromatic rings. The quantitative estimate of drug-likeness (QED) is 0.462. The molecule has 2 amide bonds. The molecule has 9 heteroatoms. The molecular formula is C17H15Cl2N3O4. The number of rotatable bonds is 5. The molecule has 2 rings (SSSR count). The summed E-state index contributed by atoms with van der Waals surface area (Å²) in [6.07, 6.45) is 1.33. The van der Waals surface area contributed by atoms with Gasteiger partial charge in [-0.3, -0.25) is 9.59 Å². The van der Waals surface area contributed by atoms with Gasteiger partial charge in [0.05, 0.1) is 31.1 Å². The second-order valence-corrected chi connectivity index (χ2v) is 5.70. The predicted octanol–water partition coefficient (Wildman–Crippen LogP) is 3.10. The number of nitrogens with one attached hydrogen (secondary N) is 2. The Morgan fingerprint density at radius 3 is 2.54 bits per heavy atom. The number of carbonyl (C=O) groups is 2. The Morgan fingerprint density at radius 2 is 1.85 bits per heavy atom. The molecule has 2 aromatic carbocycles. The van der Waals surface area contributed by atoms with E-state index in [2.05, 4.69) is 15.8 Å². The van der Waals surface area contributed by atoms with Crippen LogP contribution in [0, 0.1) is 0 Å². The fourth-order valence-electron chi connectivity index (χ4n) is 2.00. The fraction of sp³-hybridized carbons (Fsp3) is 0.118. The van der Waals surface area contributed by atoms with Gasteiger partial charge < -0.3 is 14.8 Å². The minimum Gasteiger partial charge on any atom is -0.493 e. The SMILES string of the molecule is COc1cccc(/C=N\NC(=O)C(=O)Nc2cc(Cl)ccc2Cl)c1OC. The number of ether oxygens (including phenoxy) is 2. The molecule has 0 atom stereocenters. The number of amides is 2. The van der Waals surface area contributed by atoms with Gasteiger partial charge in [0.1, 0.15) is 0 Å². The molecule has 0 bridgehead atoms. The molecule has 0 aromatic heterocycles. The normalized spacial score (nSPS) is 10.5. The molecule has 26 heavy (non-hydrogen) atoms. The number of halogens is 2. The van der Waals surface area contributed by atoms with Gasteiger partial charge in [0.25, 0.3) is 0 Å². The molecule has 136 valence electrons. The Bertz CT molecular complexity index is 856. The fourth-order valence-corrected chi connectivity index (χ4v) is 2.33. The highest BCUT2D eigenvalue weighted by molar-refractivity contribution is 6.42. The Kier molecular flexibility index (Phi) is 6.82. The molecule has 0 saturated carbocycles. The third-order valence-corrected chi connectivity index (χ3v) is 3.75. The van der Waals surface area contributed by atoms with E-state index in [-0.39, 0.29) is 10.7 Å². The highest BCUT2D eigenvalue weighted by atomic mass is 35.5. The van der Waals surface area contributed by atoms with Crippen LogP contribution in [0.2, 0.25) is 10.0 Å². The van der Waals surface area contributed by atoms with Crippen molar-refractivity contribution in [2.75, 3.05) is 19.5 Å². The van der Waals surface area contributed by atoms with Crippen molar-refractivity contribution in [2.24, 2.45) is 5.10 Å². The van der Waals surface area contributed by atoms with Crippen LogP contribution in [0.1, 0.15) is 5.56 Å². The highest BCUT2D eigenvalue weighted by Gasteiger charge is 2.15. The minimum atomic E-state index is -0.973. The van der Waals surface area contributed by atoms with Crippen LogP contribution in [0.4, 0.5) is 5.69 Å². The third-order valence-electron chi connectivity index (χ3n) is 3.19. The summed E-state index contributed by atoms with van der Waals surface area (Å²) in [4.78, 5) is 23.7. The lowest BCUT2D eigenvalue weighted by Crippen LogP contribution is -2.32. The Labute approximate surface area is 159 Å². The Hall–Kier alpha value is -2.77. The van der Waals surface area contributed by atoms with Gasteiger partial charge in [-0.2, -0.15) is 5.10 Å². The van der Waals surface area contributed by atoms with E-state index in [1.165, 1.54) is 32.6 Å². The van der Waals surface area contributed by atoms with Crippen LogP contribution in [-0.2, 0) is 9.59 Å². The lowest BCUT2D eigenvalue weighted by molar-refractivity contribution is -0.136. The van der Waals surface area contributed by atoms with Crippen molar-refractivity contribution >= 4 is 46.9 Å². The number of carbonyl (C=O) groups excluding carboxylic acids is 2. The van der Waals surface area contributed by atoms with Crippen molar-refractivity contribution in [3.63, 3.8) is 0 Å². The van der Waals surface area contributed by atoms with E-state index in [9.17, 15) is 9.59 Å². The number of para-hydroxylation sites is 1. The topological polar surface area (TPSA) is 89.0 Å². The van der Waals surface area contributed by atoms with Crippen LogP contribution in [0.15, 0.2) is 41.5 Å². The van der Waals surface area contributed by atoms with E-state index < -0.39 is 11.8 Å². The van der Waals surface area contributed by atoms with Gasteiger partial charge in [0.15, 0.2) is 11.5 Å². The summed E-state index contributed by atoms with van der Waals surface area (Å²) in [6, 6.07) is 9.66. The molecule has 0 spiro atoms. The molecule has 0 aliphatic heterocycles. The van der Waals surface area contributed by atoms with Crippen molar-refractivity contribution in [3.05, 3.63) is 52.0 Å². The van der Waals surface area contributed by atoms with Crippen molar-refractivity contribution in [3.8, 4) is 11.5 Å². The number of hydrogen-bond donors (Lipinski definition) is 2. The maximum absolute atomic E-state index is 11.9. The Morgan fingerprint density at radius 1 is 1.08 bits per heavy atom. The maximum atomic E-state index is 11.9. The van der Waals surface area contributed by atoms with Gasteiger partial charge in [-0.25, -0.2) is 5.43 Å². The summed E-state index contributed by atoms with van der Waals surface area (Å²) >= 11 is 11.8. The van der Waals surface area contributed by atoms with E-state index in [1.54, 1.807) is 24.3 Å². The second kappa shape index (κ2) is 9.07. The zero-order valence-electron chi connectivity index (χ0n) is 13.9. The summed E-state index contributed by atoms with van der Waals surface area (Å²) in [5.74, 6) is -0.956. The molecule has 0 fully saturated rings. The molecular weight excluding hydrogens is 381 g/mol. The van der Waals surface area contributed by atoms with Crippen molar-refractivity contribution < 1.29 is 19.1 Å². The van der Waals surface area contributed by atoms with E-state index in [4.69, 9.17) is 32.7 Å². The van der Waals surface area contributed by atoms with Gasteiger partial charge in [-0.1, -0.05) is 29.3 Å². The number of hydrogen-bond acceptors (Lipinski definition) is 5. The van der Waals surface area contributed by atoms with Crippen LogP contribution < -0.4 is 20.2 Å². The van der Waals surface area contributed by atoms with Crippen LogP contribution in [0.3, 0.4) is 0 Å². The first-order valence-corrected chi connectivity index (χ1v) is 8.02. The third kappa shape index (κ3) is 4.87. The van der Waals surface area contributed by atoms with Gasteiger partial charge in [-0.05, 0) is 30.3 Å². The monoisotopic (exact) mass is 395 g/mol. The first-order valence-electron chi connectivity index (χ1n) is 7.26. The number of benzene rings is 2. The summed E-state index contributed by atoms with van der Waals surface area (Å²) < 4.78 is 10.4. The van der Waals surface area contributed by atoms with E-state index in [1.807, 2.05) is 0 Å². The average molecular weight is 396 g/mol. The number of methoxy groups -OCH3 is 2. The smallest absolute Gasteiger partial charge is 0.329 e. The van der Waals surface area contributed by atoms with Gasteiger partial charge in [0, 0.05) is 10.6 Å².